The lowest BCUT2D eigenvalue weighted by Gasteiger charge is -2.37. The number of rotatable bonds is 4. The van der Waals surface area contributed by atoms with Crippen molar-refractivity contribution in [2.45, 2.75) is 45.2 Å². The third-order valence-corrected chi connectivity index (χ3v) is 4.77. The van der Waals surface area contributed by atoms with Crippen LogP contribution >= 0.6 is 0 Å². The third-order valence-electron chi connectivity index (χ3n) is 4.77. The van der Waals surface area contributed by atoms with E-state index in [0.29, 0.717) is 0 Å². The Labute approximate surface area is 127 Å². The maximum absolute atomic E-state index is 4.57. The van der Waals surface area contributed by atoms with Gasteiger partial charge in [-0.3, -0.25) is 9.80 Å². The molecule has 1 aliphatic heterocycles. The summed E-state index contributed by atoms with van der Waals surface area (Å²) in [6, 6.07) is 2.85. The van der Waals surface area contributed by atoms with E-state index in [2.05, 4.69) is 25.1 Å². The minimum atomic E-state index is 0.860. The van der Waals surface area contributed by atoms with Crippen molar-refractivity contribution in [2.24, 2.45) is 0 Å². The van der Waals surface area contributed by atoms with Gasteiger partial charge in [-0.05, 0) is 19.8 Å². The molecule has 0 unspecified atom stereocenters. The van der Waals surface area contributed by atoms with Gasteiger partial charge in [0.15, 0.2) is 0 Å². The highest BCUT2D eigenvalue weighted by molar-refractivity contribution is 5.34. The van der Waals surface area contributed by atoms with Crippen molar-refractivity contribution >= 4 is 5.82 Å². The van der Waals surface area contributed by atoms with Gasteiger partial charge in [0.25, 0.3) is 0 Å². The average Bonchev–Trinajstić information content (AvgIpc) is 3.01. The minimum absolute atomic E-state index is 0.860. The normalized spacial score (nSPS) is 21.8. The van der Waals surface area contributed by atoms with E-state index in [9.17, 15) is 0 Å². The maximum Gasteiger partial charge on any atom is 0.144 e. The zero-order chi connectivity index (χ0) is 14.7. The molecule has 0 aromatic carbocycles. The number of aryl methyl sites for hydroxylation is 1. The summed E-state index contributed by atoms with van der Waals surface area (Å²) >= 11 is 0. The van der Waals surface area contributed by atoms with Crippen LogP contribution in [-0.4, -0.2) is 59.0 Å². The molecule has 3 rings (SSSR count). The molecule has 0 spiro atoms. The molecule has 1 saturated heterocycles. The van der Waals surface area contributed by atoms with Crippen LogP contribution in [0.4, 0.5) is 5.82 Å². The molecule has 5 nitrogen and oxygen atoms in total. The molecule has 1 aromatic heterocycles. The smallest absolute Gasteiger partial charge is 0.144 e. The van der Waals surface area contributed by atoms with Crippen molar-refractivity contribution in [2.75, 3.05) is 38.5 Å². The number of piperazine rings is 1. The predicted molar refractivity (Wildman–Crippen MR) is 85.4 cm³/mol. The highest BCUT2D eigenvalue weighted by Crippen LogP contribution is 2.24. The van der Waals surface area contributed by atoms with E-state index in [4.69, 9.17) is 0 Å². The third kappa shape index (κ3) is 3.71. The Morgan fingerprint density at radius 3 is 2.52 bits per heavy atom. The van der Waals surface area contributed by atoms with E-state index in [0.717, 1.165) is 43.0 Å². The zero-order valence-electron chi connectivity index (χ0n) is 13.3. The molecule has 1 N–H and O–H groups in total. The first-order valence-electron chi connectivity index (χ1n) is 8.23. The van der Waals surface area contributed by atoms with Crippen LogP contribution < -0.4 is 5.32 Å². The Morgan fingerprint density at radius 2 is 1.86 bits per heavy atom. The molecule has 2 heterocycles. The quantitative estimate of drug-likeness (QED) is 0.917. The summed E-state index contributed by atoms with van der Waals surface area (Å²) in [6.07, 6.45) is 5.67. The predicted octanol–water partition coefficient (Wildman–Crippen LogP) is 1.89. The summed E-state index contributed by atoms with van der Waals surface area (Å²) in [5.74, 6) is 1.86. The van der Waals surface area contributed by atoms with Gasteiger partial charge in [-0.2, -0.15) is 0 Å². The topological polar surface area (TPSA) is 44.3 Å². The number of hydrogen-bond donors (Lipinski definition) is 1. The fraction of sp³-hybridized carbons (Fsp3) is 0.750. The van der Waals surface area contributed by atoms with E-state index >= 15 is 0 Å². The highest BCUT2D eigenvalue weighted by Gasteiger charge is 2.26. The van der Waals surface area contributed by atoms with Crippen LogP contribution in [0.25, 0.3) is 0 Å². The number of anilines is 1. The van der Waals surface area contributed by atoms with Gasteiger partial charge in [0, 0.05) is 51.0 Å². The van der Waals surface area contributed by atoms with Crippen molar-refractivity contribution in [3.63, 3.8) is 0 Å². The van der Waals surface area contributed by atoms with Crippen molar-refractivity contribution in [3.05, 3.63) is 17.6 Å². The Morgan fingerprint density at radius 1 is 1.14 bits per heavy atom. The molecule has 2 fully saturated rings. The first-order valence-corrected chi connectivity index (χ1v) is 8.23. The van der Waals surface area contributed by atoms with Crippen LogP contribution in [0.3, 0.4) is 0 Å². The van der Waals surface area contributed by atoms with Crippen LogP contribution in [0.5, 0.6) is 0 Å². The monoisotopic (exact) mass is 289 g/mol. The SMILES string of the molecule is CNc1cc(C)nc(CN2CCN(C3CCCC3)CC2)n1. The molecular weight excluding hydrogens is 262 g/mol. The standard InChI is InChI=1S/C16H27N5/c1-13-11-15(17-2)19-16(18-13)12-20-7-9-21(10-8-20)14-5-3-4-6-14/h11,14H,3-10,12H2,1-2H3,(H,17,18,19). The second-order valence-electron chi connectivity index (χ2n) is 6.31. The zero-order valence-corrected chi connectivity index (χ0v) is 13.3. The Hall–Kier alpha value is -1.20. The van der Waals surface area contributed by atoms with Crippen molar-refractivity contribution in [1.82, 2.24) is 19.8 Å². The van der Waals surface area contributed by atoms with E-state index < -0.39 is 0 Å². The lowest BCUT2D eigenvalue weighted by Crippen LogP contribution is -2.49. The van der Waals surface area contributed by atoms with Crippen molar-refractivity contribution in [1.29, 1.82) is 0 Å². The van der Waals surface area contributed by atoms with E-state index in [1.54, 1.807) is 0 Å². The molecule has 21 heavy (non-hydrogen) atoms. The highest BCUT2D eigenvalue weighted by atomic mass is 15.3. The van der Waals surface area contributed by atoms with Crippen LogP contribution in [0.1, 0.15) is 37.2 Å². The van der Waals surface area contributed by atoms with Gasteiger partial charge < -0.3 is 5.32 Å². The van der Waals surface area contributed by atoms with E-state index in [-0.39, 0.29) is 0 Å². The minimum Gasteiger partial charge on any atom is -0.373 e. The van der Waals surface area contributed by atoms with Gasteiger partial charge in [-0.25, -0.2) is 9.97 Å². The molecule has 1 saturated carbocycles. The average molecular weight is 289 g/mol. The molecule has 5 heteroatoms. The van der Waals surface area contributed by atoms with Gasteiger partial charge in [0.2, 0.25) is 0 Å². The lowest BCUT2D eigenvalue weighted by molar-refractivity contribution is 0.0921. The van der Waals surface area contributed by atoms with Gasteiger partial charge in [-0.15, -0.1) is 0 Å². The second kappa shape index (κ2) is 6.71. The molecule has 1 aliphatic carbocycles. The summed E-state index contributed by atoms with van der Waals surface area (Å²) in [4.78, 5) is 14.3. The molecule has 0 radical (unpaired) electrons. The van der Waals surface area contributed by atoms with Gasteiger partial charge in [-0.1, -0.05) is 12.8 Å². The largest absolute Gasteiger partial charge is 0.373 e. The van der Waals surface area contributed by atoms with Crippen LogP contribution in [-0.2, 0) is 6.54 Å². The van der Waals surface area contributed by atoms with E-state index in [1.807, 2.05) is 20.0 Å². The number of hydrogen-bond acceptors (Lipinski definition) is 5. The van der Waals surface area contributed by atoms with Gasteiger partial charge in [0.05, 0.1) is 6.54 Å². The molecule has 116 valence electrons. The summed E-state index contributed by atoms with van der Waals surface area (Å²) in [7, 11) is 1.91. The van der Waals surface area contributed by atoms with Crippen LogP contribution in [0.15, 0.2) is 6.07 Å². The fourth-order valence-electron chi connectivity index (χ4n) is 3.58. The molecule has 1 aromatic rings. The Balaban J connectivity index is 1.54. The first-order chi connectivity index (χ1) is 10.2. The Kier molecular flexibility index (Phi) is 4.70. The Bertz CT molecular complexity index is 462. The molecule has 2 aliphatic rings. The van der Waals surface area contributed by atoms with Crippen LogP contribution in [0.2, 0.25) is 0 Å². The van der Waals surface area contributed by atoms with Crippen molar-refractivity contribution in [3.8, 4) is 0 Å². The number of aromatic nitrogens is 2. The summed E-state index contributed by atoms with van der Waals surface area (Å²) < 4.78 is 0. The molecular formula is C16H27N5. The van der Waals surface area contributed by atoms with Crippen molar-refractivity contribution < 1.29 is 0 Å². The molecule has 0 amide bonds. The number of nitrogens with one attached hydrogen (secondary N) is 1. The van der Waals surface area contributed by atoms with Gasteiger partial charge >= 0.3 is 0 Å². The van der Waals surface area contributed by atoms with Gasteiger partial charge in [0.1, 0.15) is 11.6 Å². The lowest BCUT2D eigenvalue weighted by atomic mass is 10.2. The second-order valence-corrected chi connectivity index (χ2v) is 6.31. The number of nitrogens with zero attached hydrogens (tertiary/aromatic N) is 4. The summed E-state index contributed by atoms with van der Waals surface area (Å²) in [6.45, 7) is 7.59. The molecule has 0 bridgehead atoms. The summed E-state index contributed by atoms with van der Waals surface area (Å²) in [5, 5.41) is 3.11. The fourth-order valence-corrected chi connectivity index (χ4v) is 3.58. The maximum atomic E-state index is 4.57. The first kappa shape index (κ1) is 14.7. The van der Waals surface area contributed by atoms with Crippen LogP contribution in [0, 0.1) is 6.92 Å². The molecule has 0 atom stereocenters. The summed E-state index contributed by atoms with van der Waals surface area (Å²) in [5.41, 5.74) is 1.04. The van der Waals surface area contributed by atoms with E-state index in [1.165, 1.54) is 38.8 Å².